The molecule has 108 valence electrons. The molecule has 1 fully saturated rings. The average molecular weight is 279 g/mol. The molecule has 1 aliphatic heterocycles. The van der Waals surface area contributed by atoms with E-state index in [4.69, 9.17) is 0 Å². The molecule has 0 aliphatic carbocycles. The van der Waals surface area contributed by atoms with Gasteiger partial charge < -0.3 is 10.0 Å². The highest BCUT2D eigenvalue weighted by Crippen LogP contribution is 2.34. The van der Waals surface area contributed by atoms with Crippen molar-refractivity contribution in [3.8, 4) is 0 Å². The Hall–Kier alpha value is -1.91. The number of rotatable bonds is 3. The quantitative estimate of drug-likeness (QED) is 0.924. The first-order valence-electron chi connectivity index (χ1n) is 6.68. The Morgan fingerprint density at radius 3 is 2.65 bits per heavy atom. The molecule has 1 atom stereocenters. The van der Waals surface area contributed by atoms with E-state index in [-0.39, 0.29) is 18.3 Å². The Balaban J connectivity index is 2.19. The Morgan fingerprint density at radius 1 is 1.45 bits per heavy atom. The molecule has 0 bridgehead atoms. The van der Waals surface area contributed by atoms with Gasteiger partial charge in [0.15, 0.2) is 0 Å². The third-order valence-electron chi connectivity index (χ3n) is 4.18. The molecule has 1 aromatic rings. The van der Waals surface area contributed by atoms with Crippen molar-refractivity contribution in [1.29, 1.82) is 0 Å². The van der Waals surface area contributed by atoms with Crippen molar-refractivity contribution < 1.29 is 19.1 Å². The molecule has 1 heterocycles. The molecule has 1 amide bonds. The number of nitrogens with zero attached hydrogens (tertiary/aromatic N) is 1. The molecule has 0 aromatic heterocycles. The van der Waals surface area contributed by atoms with Gasteiger partial charge in [-0.25, -0.2) is 4.39 Å². The number of carboxylic acid groups (broad SMARTS) is 1. The van der Waals surface area contributed by atoms with Gasteiger partial charge in [-0.1, -0.05) is 6.92 Å². The summed E-state index contributed by atoms with van der Waals surface area (Å²) in [4.78, 5) is 25.3. The van der Waals surface area contributed by atoms with E-state index < -0.39 is 11.4 Å². The smallest absolute Gasteiger partial charge is 0.311 e. The second-order valence-electron chi connectivity index (χ2n) is 5.38. The number of carbonyl (C=O) groups excluding carboxylic acids is 1. The van der Waals surface area contributed by atoms with Crippen LogP contribution >= 0.6 is 0 Å². The van der Waals surface area contributed by atoms with E-state index in [1.54, 1.807) is 11.8 Å². The van der Waals surface area contributed by atoms with Crippen LogP contribution in [0.2, 0.25) is 0 Å². The number of likely N-dealkylation sites (tertiary alicyclic amines) is 1. The molecule has 5 heteroatoms. The van der Waals surface area contributed by atoms with Crippen molar-refractivity contribution in [2.24, 2.45) is 5.41 Å². The lowest BCUT2D eigenvalue weighted by molar-refractivity contribution is -0.148. The van der Waals surface area contributed by atoms with Gasteiger partial charge in [-0.2, -0.15) is 0 Å². The fourth-order valence-corrected chi connectivity index (χ4v) is 2.62. The van der Waals surface area contributed by atoms with E-state index in [1.165, 1.54) is 18.2 Å². The maximum atomic E-state index is 13.2. The minimum Gasteiger partial charge on any atom is -0.481 e. The molecule has 20 heavy (non-hydrogen) atoms. The molecular weight excluding hydrogens is 261 g/mol. The van der Waals surface area contributed by atoms with E-state index in [0.29, 0.717) is 30.5 Å². The highest BCUT2D eigenvalue weighted by Gasteiger charge is 2.44. The van der Waals surface area contributed by atoms with Gasteiger partial charge in [0, 0.05) is 18.7 Å². The predicted molar refractivity (Wildman–Crippen MR) is 72.0 cm³/mol. The summed E-state index contributed by atoms with van der Waals surface area (Å²) in [5.41, 5.74) is -0.0266. The number of hydrogen-bond acceptors (Lipinski definition) is 2. The molecule has 0 saturated carbocycles. The van der Waals surface area contributed by atoms with Crippen LogP contribution in [0.5, 0.6) is 0 Å². The Labute approximate surface area is 117 Å². The van der Waals surface area contributed by atoms with Crippen LogP contribution in [0.1, 0.15) is 35.7 Å². The zero-order chi connectivity index (χ0) is 14.9. The van der Waals surface area contributed by atoms with Crippen molar-refractivity contribution in [3.05, 3.63) is 35.1 Å². The van der Waals surface area contributed by atoms with Crippen molar-refractivity contribution in [3.63, 3.8) is 0 Å². The van der Waals surface area contributed by atoms with E-state index in [2.05, 4.69) is 0 Å². The molecule has 1 unspecified atom stereocenters. The molecule has 2 rings (SSSR count). The minimum absolute atomic E-state index is 0.216. The molecular formula is C15H18FNO3. The zero-order valence-electron chi connectivity index (χ0n) is 11.6. The van der Waals surface area contributed by atoms with Gasteiger partial charge in [-0.05, 0) is 43.5 Å². The maximum Gasteiger partial charge on any atom is 0.311 e. The second kappa shape index (κ2) is 5.23. The molecule has 1 N–H and O–H groups in total. The number of hydrogen-bond donors (Lipinski definition) is 1. The van der Waals surface area contributed by atoms with Gasteiger partial charge in [0.2, 0.25) is 0 Å². The van der Waals surface area contributed by atoms with Crippen LogP contribution in [-0.2, 0) is 4.79 Å². The van der Waals surface area contributed by atoms with Crippen LogP contribution in [-0.4, -0.2) is 35.0 Å². The van der Waals surface area contributed by atoms with Crippen molar-refractivity contribution in [2.45, 2.75) is 26.7 Å². The van der Waals surface area contributed by atoms with Crippen LogP contribution in [0, 0.1) is 18.2 Å². The number of carbonyl (C=O) groups is 2. The molecule has 4 nitrogen and oxygen atoms in total. The topological polar surface area (TPSA) is 57.6 Å². The fourth-order valence-electron chi connectivity index (χ4n) is 2.62. The van der Waals surface area contributed by atoms with Crippen LogP contribution in [0.15, 0.2) is 18.2 Å². The van der Waals surface area contributed by atoms with Crippen LogP contribution in [0.4, 0.5) is 4.39 Å². The summed E-state index contributed by atoms with van der Waals surface area (Å²) in [7, 11) is 0. The number of aliphatic carboxylic acids is 1. The Morgan fingerprint density at radius 2 is 2.15 bits per heavy atom. The summed E-state index contributed by atoms with van der Waals surface area (Å²) in [6.07, 6.45) is 0.958. The van der Waals surface area contributed by atoms with Gasteiger partial charge in [0.1, 0.15) is 5.82 Å². The number of benzene rings is 1. The Bertz CT molecular complexity index is 558. The normalized spacial score (nSPS) is 22.1. The van der Waals surface area contributed by atoms with Crippen LogP contribution in [0.3, 0.4) is 0 Å². The maximum absolute atomic E-state index is 13.2. The lowest BCUT2D eigenvalue weighted by atomic mass is 9.84. The first-order valence-corrected chi connectivity index (χ1v) is 6.68. The number of halogens is 1. The van der Waals surface area contributed by atoms with E-state index >= 15 is 0 Å². The molecule has 1 saturated heterocycles. The van der Waals surface area contributed by atoms with E-state index in [1.807, 2.05) is 6.92 Å². The third kappa shape index (κ3) is 2.40. The summed E-state index contributed by atoms with van der Waals surface area (Å²) >= 11 is 0. The van der Waals surface area contributed by atoms with Crippen molar-refractivity contribution >= 4 is 11.9 Å². The highest BCUT2D eigenvalue weighted by atomic mass is 19.1. The number of amides is 1. The van der Waals surface area contributed by atoms with Crippen molar-refractivity contribution in [2.75, 3.05) is 13.1 Å². The van der Waals surface area contributed by atoms with E-state index in [0.717, 1.165) is 0 Å². The second-order valence-corrected chi connectivity index (χ2v) is 5.38. The van der Waals surface area contributed by atoms with Crippen LogP contribution in [0.25, 0.3) is 0 Å². The summed E-state index contributed by atoms with van der Waals surface area (Å²) in [5.74, 6) is -1.44. The largest absolute Gasteiger partial charge is 0.481 e. The summed E-state index contributed by atoms with van der Waals surface area (Å²) in [6.45, 7) is 4.07. The average Bonchev–Trinajstić information content (AvgIpc) is 2.87. The lowest BCUT2D eigenvalue weighted by Gasteiger charge is -2.23. The zero-order valence-corrected chi connectivity index (χ0v) is 11.6. The predicted octanol–water partition coefficient (Wildman–Crippen LogP) is 2.46. The standard InChI is InChI=1S/C15H18FNO3/c1-3-15(14(19)20)6-7-17(9-15)13(18)11-4-5-12(16)10(2)8-11/h4-5,8H,3,6-7,9H2,1-2H3,(H,19,20). The summed E-state index contributed by atoms with van der Waals surface area (Å²) in [6, 6.07) is 4.21. The van der Waals surface area contributed by atoms with Gasteiger partial charge in [0.05, 0.1) is 5.41 Å². The van der Waals surface area contributed by atoms with Gasteiger partial charge in [-0.15, -0.1) is 0 Å². The van der Waals surface area contributed by atoms with Crippen molar-refractivity contribution in [1.82, 2.24) is 4.90 Å². The first-order chi connectivity index (χ1) is 9.39. The SMILES string of the molecule is CCC1(C(=O)O)CCN(C(=O)c2ccc(F)c(C)c2)C1. The Kier molecular flexibility index (Phi) is 3.79. The minimum atomic E-state index is -0.856. The number of aryl methyl sites for hydroxylation is 1. The third-order valence-corrected chi connectivity index (χ3v) is 4.18. The fraction of sp³-hybridized carbons (Fsp3) is 0.467. The van der Waals surface area contributed by atoms with E-state index in [9.17, 15) is 19.1 Å². The summed E-state index contributed by atoms with van der Waals surface area (Å²) < 4.78 is 13.2. The first kappa shape index (κ1) is 14.5. The highest BCUT2D eigenvalue weighted by molar-refractivity contribution is 5.95. The molecule has 0 radical (unpaired) electrons. The lowest BCUT2D eigenvalue weighted by Crippen LogP contribution is -2.36. The van der Waals surface area contributed by atoms with Gasteiger partial charge >= 0.3 is 5.97 Å². The monoisotopic (exact) mass is 279 g/mol. The number of carboxylic acids is 1. The summed E-state index contributed by atoms with van der Waals surface area (Å²) in [5, 5.41) is 9.33. The molecule has 1 aromatic carbocycles. The van der Waals surface area contributed by atoms with Gasteiger partial charge in [0.25, 0.3) is 5.91 Å². The van der Waals surface area contributed by atoms with Crippen LogP contribution < -0.4 is 0 Å². The van der Waals surface area contributed by atoms with Gasteiger partial charge in [-0.3, -0.25) is 9.59 Å². The molecule has 0 spiro atoms. The molecule has 1 aliphatic rings.